The summed E-state index contributed by atoms with van der Waals surface area (Å²) in [5.74, 6) is 0.502. The third-order valence-corrected chi connectivity index (χ3v) is 5.37. The molecule has 0 aromatic heterocycles. The monoisotopic (exact) mass is 346 g/mol. The predicted molar refractivity (Wildman–Crippen MR) is 74.9 cm³/mol. The quantitative estimate of drug-likeness (QED) is 0.857. The Hall–Kier alpha value is -0.630. The van der Waals surface area contributed by atoms with Crippen LogP contribution in [0.15, 0.2) is 21.5 Å². The van der Waals surface area contributed by atoms with Crippen LogP contribution in [0.1, 0.15) is 12.0 Å². The van der Waals surface area contributed by atoms with Crippen molar-refractivity contribution in [1.29, 1.82) is 0 Å². The Morgan fingerprint density at radius 2 is 2.26 bits per heavy atom. The van der Waals surface area contributed by atoms with Gasteiger partial charge in [-0.2, -0.15) is 0 Å². The van der Waals surface area contributed by atoms with Crippen LogP contribution in [-0.4, -0.2) is 34.2 Å². The van der Waals surface area contributed by atoms with Gasteiger partial charge < -0.3 is 10.1 Å². The van der Waals surface area contributed by atoms with E-state index in [4.69, 9.17) is 4.74 Å². The van der Waals surface area contributed by atoms with E-state index >= 15 is 0 Å². The van der Waals surface area contributed by atoms with Gasteiger partial charge in [0.25, 0.3) is 0 Å². The molecule has 2 N–H and O–H groups in total. The molecule has 2 aliphatic heterocycles. The van der Waals surface area contributed by atoms with E-state index in [1.807, 2.05) is 6.07 Å². The van der Waals surface area contributed by atoms with E-state index in [9.17, 15) is 8.42 Å². The summed E-state index contributed by atoms with van der Waals surface area (Å²) in [6.07, 6.45) is 1.57. The number of sulfonamides is 1. The molecule has 1 aromatic carbocycles. The second-order valence-electron chi connectivity index (χ2n) is 4.80. The lowest BCUT2D eigenvalue weighted by molar-refractivity contribution is 0.348. The van der Waals surface area contributed by atoms with Gasteiger partial charge in [-0.1, -0.05) is 15.9 Å². The van der Waals surface area contributed by atoms with Crippen molar-refractivity contribution in [3.05, 3.63) is 22.2 Å². The molecular weight excluding hydrogens is 332 g/mol. The van der Waals surface area contributed by atoms with Crippen molar-refractivity contribution in [3.8, 4) is 5.75 Å². The van der Waals surface area contributed by atoms with Crippen LogP contribution in [0.25, 0.3) is 0 Å². The summed E-state index contributed by atoms with van der Waals surface area (Å²) in [6.45, 7) is 2.07. The average molecular weight is 347 g/mol. The van der Waals surface area contributed by atoms with E-state index in [0.29, 0.717) is 18.9 Å². The molecule has 3 rings (SSSR count). The lowest BCUT2D eigenvalue weighted by Crippen LogP contribution is -2.36. The smallest absolute Gasteiger partial charge is 0.244 e. The summed E-state index contributed by atoms with van der Waals surface area (Å²) in [4.78, 5) is 0.237. The van der Waals surface area contributed by atoms with Gasteiger partial charge in [0.2, 0.25) is 10.0 Å². The lowest BCUT2D eigenvalue weighted by Gasteiger charge is -2.14. The highest BCUT2D eigenvalue weighted by Gasteiger charge is 2.29. The van der Waals surface area contributed by atoms with Gasteiger partial charge >= 0.3 is 0 Å². The molecule has 0 radical (unpaired) electrons. The Labute approximate surface area is 120 Å². The number of nitrogens with one attached hydrogen (secondary N) is 2. The zero-order chi connectivity index (χ0) is 13.5. The number of hydrogen-bond donors (Lipinski definition) is 2. The molecule has 0 amide bonds. The van der Waals surface area contributed by atoms with Crippen molar-refractivity contribution in [2.75, 3.05) is 19.7 Å². The summed E-state index contributed by atoms with van der Waals surface area (Å²) in [7, 11) is -3.54. The molecule has 0 spiro atoms. The molecule has 1 aromatic rings. The van der Waals surface area contributed by atoms with E-state index in [2.05, 4.69) is 26.0 Å². The van der Waals surface area contributed by atoms with Gasteiger partial charge in [-0.05, 0) is 25.1 Å². The molecule has 104 valence electrons. The number of hydrogen-bond acceptors (Lipinski definition) is 4. The van der Waals surface area contributed by atoms with Crippen LogP contribution in [0.4, 0.5) is 0 Å². The Bertz CT molecular complexity index is 597. The molecule has 1 saturated heterocycles. The van der Waals surface area contributed by atoms with Gasteiger partial charge in [0, 0.05) is 29.0 Å². The Morgan fingerprint density at radius 3 is 3.00 bits per heavy atom. The van der Waals surface area contributed by atoms with Gasteiger partial charge in [-0.25, -0.2) is 13.1 Å². The minimum Gasteiger partial charge on any atom is -0.492 e. The van der Waals surface area contributed by atoms with Gasteiger partial charge in [-0.15, -0.1) is 0 Å². The molecule has 1 atom stereocenters. The number of fused-ring (bicyclic) bond motifs is 1. The lowest BCUT2D eigenvalue weighted by atomic mass is 10.2. The molecule has 7 heteroatoms. The van der Waals surface area contributed by atoms with Crippen molar-refractivity contribution < 1.29 is 13.2 Å². The molecule has 19 heavy (non-hydrogen) atoms. The Balaban J connectivity index is 1.96. The molecule has 2 aliphatic rings. The molecule has 0 bridgehead atoms. The molecular formula is C12H15BrN2O3S. The summed E-state index contributed by atoms with van der Waals surface area (Å²) in [5, 5.41) is 3.14. The normalized spacial score (nSPS) is 22.3. The van der Waals surface area contributed by atoms with E-state index in [-0.39, 0.29) is 10.9 Å². The summed E-state index contributed by atoms with van der Waals surface area (Å²) < 4.78 is 33.9. The van der Waals surface area contributed by atoms with E-state index in [1.165, 1.54) is 0 Å². The average Bonchev–Trinajstić information content (AvgIpc) is 2.97. The maximum atomic E-state index is 12.5. The highest BCUT2D eigenvalue weighted by Crippen LogP contribution is 2.35. The van der Waals surface area contributed by atoms with Crippen molar-refractivity contribution >= 4 is 26.0 Å². The van der Waals surface area contributed by atoms with Crippen LogP contribution in [0.3, 0.4) is 0 Å². The largest absolute Gasteiger partial charge is 0.492 e. The van der Waals surface area contributed by atoms with E-state index in [1.54, 1.807) is 6.07 Å². The fraction of sp³-hybridized carbons (Fsp3) is 0.500. The number of rotatable bonds is 3. The zero-order valence-electron chi connectivity index (χ0n) is 10.3. The van der Waals surface area contributed by atoms with Gasteiger partial charge in [-0.3, -0.25) is 0 Å². The SMILES string of the molecule is O=S(=O)(NC1CCNC1)c1cc(Br)cc2c1OCC2. The summed E-state index contributed by atoms with van der Waals surface area (Å²) in [5.41, 5.74) is 0.944. The minimum atomic E-state index is -3.54. The molecule has 2 heterocycles. The molecule has 5 nitrogen and oxygen atoms in total. The Morgan fingerprint density at radius 1 is 1.42 bits per heavy atom. The van der Waals surface area contributed by atoms with Gasteiger partial charge in [0.05, 0.1) is 6.61 Å². The fourth-order valence-corrected chi connectivity index (χ4v) is 4.61. The first-order valence-corrected chi connectivity index (χ1v) is 8.52. The Kier molecular flexibility index (Phi) is 3.55. The van der Waals surface area contributed by atoms with Crippen molar-refractivity contribution in [2.45, 2.75) is 23.8 Å². The minimum absolute atomic E-state index is 0.0407. The molecule has 1 unspecified atom stereocenters. The number of ether oxygens (including phenoxy) is 1. The van der Waals surface area contributed by atoms with Crippen LogP contribution in [0, 0.1) is 0 Å². The summed E-state index contributed by atoms with van der Waals surface area (Å²) in [6, 6.07) is 3.48. The second-order valence-corrected chi connectivity index (χ2v) is 7.40. The third kappa shape index (κ3) is 2.65. The zero-order valence-corrected chi connectivity index (χ0v) is 12.7. The van der Waals surface area contributed by atoms with Crippen molar-refractivity contribution in [2.24, 2.45) is 0 Å². The first kappa shape index (κ1) is 13.4. The van der Waals surface area contributed by atoms with Gasteiger partial charge in [0.1, 0.15) is 10.6 Å². The first-order valence-electron chi connectivity index (χ1n) is 6.24. The molecule has 0 aliphatic carbocycles. The van der Waals surface area contributed by atoms with Crippen LogP contribution in [-0.2, 0) is 16.4 Å². The van der Waals surface area contributed by atoms with Crippen LogP contribution < -0.4 is 14.8 Å². The second kappa shape index (κ2) is 5.05. The van der Waals surface area contributed by atoms with E-state index < -0.39 is 10.0 Å². The van der Waals surface area contributed by atoms with Crippen LogP contribution in [0.5, 0.6) is 5.75 Å². The topological polar surface area (TPSA) is 67.4 Å². The number of benzene rings is 1. The molecule has 1 fully saturated rings. The van der Waals surface area contributed by atoms with Crippen LogP contribution >= 0.6 is 15.9 Å². The third-order valence-electron chi connectivity index (χ3n) is 3.39. The van der Waals surface area contributed by atoms with Crippen LogP contribution in [0.2, 0.25) is 0 Å². The van der Waals surface area contributed by atoms with Crippen molar-refractivity contribution in [1.82, 2.24) is 10.0 Å². The molecule has 0 saturated carbocycles. The number of halogens is 1. The highest BCUT2D eigenvalue weighted by molar-refractivity contribution is 9.10. The summed E-state index contributed by atoms with van der Waals surface area (Å²) >= 11 is 3.36. The fourth-order valence-electron chi connectivity index (χ4n) is 2.47. The predicted octanol–water partition coefficient (Wildman–Crippen LogP) is 1.02. The van der Waals surface area contributed by atoms with Crippen molar-refractivity contribution in [3.63, 3.8) is 0 Å². The maximum absolute atomic E-state index is 12.5. The van der Waals surface area contributed by atoms with Gasteiger partial charge in [0.15, 0.2) is 0 Å². The maximum Gasteiger partial charge on any atom is 0.244 e. The first-order chi connectivity index (χ1) is 9.06. The van der Waals surface area contributed by atoms with E-state index in [0.717, 1.165) is 29.4 Å². The standard InChI is InChI=1S/C12H15BrN2O3S/c13-9-5-8-2-4-18-12(8)11(6-9)19(16,17)15-10-1-3-14-7-10/h5-6,10,14-15H,1-4,7H2. The highest BCUT2D eigenvalue weighted by atomic mass is 79.9.